The van der Waals surface area contributed by atoms with Crippen molar-refractivity contribution in [2.45, 2.75) is 116 Å². The largest absolute Gasteiger partial charge is 0.379 e. The molecule has 0 spiro atoms. The van der Waals surface area contributed by atoms with Crippen molar-refractivity contribution in [3.05, 3.63) is 35.9 Å². The van der Waals surface area contributed by atoms with Gasteiger partial charge in [0.1, 0.15) is 6.04 Å². The minimum absolute atomic E-state index is 0.0285. The Morgan fingerprint density at radius 3 is 2.18 bits per heavy atom. The normalized spacial score (nSPS) is 18.6. The number of nitrogens with zero attached hydrogens (tertiary/aromatic N) is 3. The predicted molar refractivity (Wildman–Crippen MR) is 199 cm³/mol. The number of amides is 4. The molecular weight excluding hydrogens is 641 g/mol. The Morgan fingerprint density at radius 2 is 1.65 bits per heavy atom. The van der Waals surface area contributed by atoms with E-state index in [0.717, 1.165) is 24.8 Å². The van der Waals surface area contributed by atoms with Crippen molar-refractivity contribution in [1.29, 1.82) is 0 Å². The predicted octanol–water partition coefficient (Wildman–Crippen LogP) is 3.93. The highest BCUT2D eigenvalue weighted by Crippen LogP contribution is 2.31. The number of thioether (sulfide) groups is 1. The van der Waals surface area contributed by atoms with Crippen LogP contribution in [0.5, 0.6) is 0 Å². The van der Waals surface area contributed by atoms with Crippen LogP contribution in [-0.2, 0) is 30.5 Å². The lowest BCUT2D eigenvalue weighted by atomic mass is 9.89. The van der Waals surface area contributed by atoms with Crippen LogP contribution >= 0.6 is 11.8 Å². The van der Waals surface area contributed by atoms with Crippen molar-refractivity contribution >= 4 is 35.4 Å². The topological polar surface area (TPSA) is 123 Å². The molecule has 0 saturated carbocycles. The average molecular weight is 705 g/mol. The van der Waals surface area contributed by atoms with Gasteiger partial charge in [-0.2, -0.15) is 11.8 Å². The molecule has 0 bridgehead atoms. The Morgan fingerprint density at radius 1 is 1.00 bits per heavy atom. The summed E-state index contributed by atoms with van der Waals surface area (Å²) in [5, 5.41) is 2.99. The lowest BCUT2D eigenvalue weighted by Gasteiger charge is -2.41. The number of carbonyl (C=O) groups is 4. The molecule has 278 valence electrons. The van der Waals surface area contributed by atoms with Crippen LogP contribution in [0.25, 0.3) is 0 Å². The van der Waals surface area contributed by atoms with Gasteiger partial charge in [0.05, 0.1) is 24.6 Å². The third kappa shape index (κ3) is 12.3. The number of carbonyl (C=O) groups excluding carboxylic acids is 4. The van der Waals surface area contributed by atoms with Crippen LogP contribution in [-0.4, -0.2) is 115 Å². The number of benzene rings is 1. The third-order valence-electron chi connectivity index (χ3n) is 9.87. The number of ether oxygens (including phenoxy) is 1. The van der Waals surface area contributed by atoms with Crippen LogP contribution < -0.4 is 16.2 Å². The molecule has 7 atom stereocenters. The smallest absolute Gasteiger partial charge is 0.245 e. The summed E-state index contributed by atoms with van der Waals surface area (Å²) in [4.78, 5) is 59.9. The second-order valence-corrected chi connectivity index (χ2v) is 15.4. The Kier molecular flexibility index (Phi) is 18.1. The third-order valence-corrected chi connectivity index (χ3v) is 11.0. The summed E-state index contributed by atoms with van der Waals surface area (Å²) in [6.45, 7) is 13.1. The molecule has 1 fully saturated rings. The maximum absolute atomic E-state index is 14.1. The van der Waals surface area contributed by atoms with Gasteiger partial charge in [0.2, 0.25) is 23.6 Å². The molecule has 1 aromatic rings. The number of nitrogens with one attached hydrogen (secondary N) is 3. The van der Waals surface area contributed by atoms with Gasteiger partial charge >= 0.3 is 0 Å². The van der Waals surface area contributed by atoms with Crippen LogP contribution in [0.3, 0.4) is 0 Å². The highest BCUT2D eigenvalue weighted by molar-refractivity contribution is 7.99. The van der Waals surface area contributed by atoms with Crippen LogP contribution in [0.1, 0.15) is 79.2 Å². The second-order valence-electron chi connectivity index (χ2n) is 14.3. The number of methoxy groups -OCH3 is 1. The lowest BCUT2D eigenvalue weighted by Crippen LogP contribution is -2.59. The molecule has 49 heavy (non-hydrogen) atoms. The molecule has 1 saturated heterocycles. The summed E-state index contributed by atoms with van der Waals surface area (Å²) in [5.74, 6) is -0.573. The first-order chi connectivity index (χ1) is 23.2. The van der Waals surface area contributed by atoms with Crippen molar-refractivity contribution in [3.63, 3.8) is 0 Å². The van der Waals surface area contributed by atoms with Crippen LogP contribution in [0, 0.1) is 17.8 Å². The number of rotatable bonds is 20. The summed E-state index contributed by atoms with van der Waals surface area (Å²) in [5.41, 5.74) is 6.90. The second kappa shape index (κ2) is 20.9. The number of hydrogen-bond acceptors (Lipinski definition) is 8. The van der Waals surface area contributed by atoms with E-state index in [2.05, 4.69) is 30.0 Å². The van der Waals surface area contributed by atoms with E-state index >= 15 is 0 Å². The van der Waals surface area contributed by atoms with E-state index in [4.69, 9.17) is 4.74 Å². The molecule has 0 radical (unpaired) electrons. The number of likely N-dealkylation sites (tertiary alicyclic amines) is 1. The highest BCUT2D eigenvalue weighted by Gasteiger charge is 2.41. The lowest BCUT2D eigenvalue weighted by molar-refractivity contribution is -0.146. The SMILES string of the molecule is CCC(C)C(C(CC(=O)N1CCCC1C(CC(=O)NNCc1ccccc1)SC)OC)N(C)C(=O)C(NC(=O)C(C(C)C)N(C)C)C(C)C. The first-order valence-corrected chi connectivity index (χ1v) is 19.1. The van der Waals surface area contributed by atoms with E-state index in [1.807, 2.05) is 88.2 Å². The fourth-order valence-corrected chi connectivity index (χ4v) is 7.98. The van der Waals surface area contributed by atoms with Gasteiger partial charge in [-0.1, -0.05) is 78.3 Å². The van der Waals surface area contributed by atoms with E-state index in [1.165, 1.54) is 0 Å². The molecule has 1 aliphatic heterocycles. The highest BCUT2D eigenvalue weighted by atomic mass is 32.2. The van der Waals surface area contributed by atoms with Crippen LogP contribution in [0.15, 0.2) is 30.3 Å². The zero-order valence-corrected chi connectivity index (χ0v) is 32.6. The van der Waals surface area contributed by atoms with E-state index in [9.17, 15) is 19.2 Å². The maximum atomic E-state index is 14.1. The number of hydrogen-bond donors (Lipinski definition) is 3. The van der Waals surface area contributed by atoms with Gasteiger partial charge in [0.15, 0.2) is 0 Å². The quantitative estimate of drug-likeness (QED) is 0.175. The van der Waals surface area contributed by atoms with E-state index in [-0.39, 0.29) is 71.6 Å². The average Bonchev–Trinajstić information content (AvgIpc) is 3.55. The molecule has 0 aliphatic carbocycles. The zero-order chi connectivity index (χ0) is 36.8. The molecule has 7 unspecified atom stereocenters. The van der Waals surface area contributed by atoms with Crippen LogP contribution in [0.2, 0.25) is 0 Å². The fraction of sp³-hybridized carbons (Fsp3) is 0.730. The first kappa shape index (κ1) is 42.5. The van der Waals surface area contributed by atoms with Crippen molar-refractivity contribution in [3.8, 4) is 0 Å². The fourth-order valence-electron chi connectivity index (χ4n) is 7.06. The van der Waals surface area contributed by atoms with Crippen molar-refractivity contribution in [2.24, 2.45) is 17.8 Å². The molecule has 1 heterocycles. The van der Waals surface area contributed by atoms with Gasteiger partial charge in [-0.15, -0.1) is 0 Å². The van der Waals surface area contributed by atoms with Crippen molar-refractivity contribution in [2.75, 3.05) is 41.1 Å². The summed E-state index contributed by atoms with van der Waals surface area (Å²) < 4.78 is 6.01. The molecule has 4 amide bonds. The Balaban J connectivity index is 2.17. The molecule has 1 aliphatic rings. The summed E-state index contributed by atoms with van der Waals surface area (Å²) in [6.07, 6.45) is 4.30. The summed E-state index contributed by atoms with van der Waals surface area (Å²) in [6, 6.07) is 8.30. The van der Waals surface area contributed by atoms with E-state index in [0.29, 0.717) is 13.1 Å². The van der Waals surface area contributed by atoms with Gasteiger partial charge in [0.25, 0.3) is 0 Å². The number of likely N-dealkylation sites (N-methyl/N-ethyl adjacent to an activating group) is 2. The van der Waals surface area contributed by atoms with Crippen LogP contribution in [0.4, 0.5) is 0 Å². The standard InChI is InChI=1S/C37H64N6O5S/c1-12-26(6)35(42(9)37(47)33(24(2)3)39-36(46)34(25(4)5)41(7)8)29(48-10)21-32(45)43-20-16-19-28(43)30(49-11)22-31(44)40-38-23-27-17-14-13-15-18-27/h13-15,17-18,24-26,28-30,33-35,38H,12,16,19-23H2,1-11H3,(H,39,46)(H,40,44). The summed E-state index contributed by atoms with van der Waals surface area (Å²) in [7, 11) is 7.09. The molecule has 11 nitrogen and oxygen atoms in total. The Labute approximate surface area is 300 Å². The van der Waals surface area contributed by atoms with Gasteiger partial charge in [-0.25, -0.2) is 5.43 Å². The molecule has 2 rings (SSSR count). The summed E-state index contributed by atoms with van der Waals surface area (Å²) >= 11 is 1.61. The van der Waals surface area contributed by atoms with Gasteiger partial charge < -0.3 is 19.9 Å². The van der Waals surface area contributed by atoms with E-state index in [1.54, 1.807) is 30.8 Å². The zero-order valence-electron chi connectivity index (χ0n) is 31.8. The Bertz CT molecular complexity index is 1180. The molecular formula is C37H64N6O5S. The minimum atomic E-state index is -0.725. The Hall–Kier alpha value is -2.67. The maximum Gasteiger partial charge on any atom is 0.245 e. The van der Waals surface area contributed by atoms with Crippen molar-refractivity contribution in [1.82, 2.24) is 30.9 Å². The molecule has 1 aromatic carbocycles. The number of hydrazine groups is 1. The minimum Gasteiger partial charge on any atom is -0.379 e. The van der Waals surface area contributed by atoms with E-state index < -0.39 is 18.2 Å². The van der Waals surface area contributed by atoms with Crippen molar-refractivity contribution < 1.29 is 23.9 Å². The van der Waals surface area contributed by atoms with Gasteiger partial charge in [-0.05, 0) is 56.5 Å². The molecule has 0 aromatic heterocycles. The first-order valence-electron chi connectivity index (χ1n) is 17.8. The van der Waals surface area contributed by atoms with Gasteiger partial charge in [0, 0.05) is 45.0 Å². The monoisotopic (exact) mass is 704 g/mol. The molecule has 3 N–H and O–H groups in total. The molecule has 12 heteroatoms. The van der Waals surface area contributed by atoms with Gasteiger partial charge in [-0.3, -0.25) is 29.5 Å².